The Labute approximate surface area is 113 Å². The molecule has 0 spiro atoms. The molecular formula is C12H19N3O3S. The van der Waals surface area contributed by atoms with E-state index in [4.69, 9.17) is 10.9 Å². The van der Waals surface area contributed by atoms with Crippen LogP contribution in [0.5, 0.6) is 0 Å². The molecule has 0 aliphatic carbocycles. The Balaban J connectivity index is 3.07. The molecule has 1 atom stereocenters. The highest BCUT2D eigenvalue weighted by molar-refractivity contribution is 7.89. The number of hydrogen-bond donors (Lipinski definition) is 3. The second kappa shape index (κ2) is 6.03. The molecule has 0 heterocycles. The average Bonchev–Trinajstić information content (AvgIpc) is 2.38. The Bertz CT molecular complexity index is 582. The second-order valence-electron chi connectivity index (χ2n) is 4.35. The summed E-state index contributed by atoms with van der Waals surface area (Å²) in [6, 6.07) is 4.14. The van der Waals surface area contributed by atoms with Crippen molar-refractivity contribution in [2.75, 3.05) is 0 Å². The van der Waals surface area contributed by atoms with Crippen molar-refractivity contribution in [3.8, 4) is 0 Å². The van der Waals surface area contributed by atoms with Crippen LogP contribution >= 0.6 is 0 Å². The van der Waals surface area contributed by atoms with Gasteiger partial charge in [0.15, 0.2) is 5.84 Å². The molecule has 1 aromatic carbocycles. The largest absolute Gasteiger partial charge is 0.409 e. The van der Waals surface area contributed by atoms with E-state index in [9.17, 15) is 8.42 Å². The Morgan fingerprint density at radius 1 is 1.42 bits per heavy atom. The highest BCUT2D eigenvalue weighted by Gasteiger charge is 2.22. The topological polar surface area (TPSA) is 105 Å². The predicted octanol–water partition coefficient (Wildman–Crippen LogP) is 1.11. The third-order valence-corrected chi connectivity index (χ3v) is 4.44. The predicted molar refractivity (Wildman–Crippen MR) is 73.7 cm³/mol. The third-order valence-electron chi connectivity index (χ3n) is 2.97. The van der Waals surface area contributed by atoms with E-state index in [1.54, 1.807) is 19.1 Å². The number of nitrogens with one attached hydrogen (secondary N) is 1. The van der Waals surface area contributed by atoms with Gasteiger partial charge in [0, 0.05) is 0 Å². The van der Waals surface area contributed by atoms with Crippen molar-refractivity contribution < 1.29 is 13.6 Å². The first-order valence-electron chi connectivity index (χ1n) is 5.88. The van der Waals surface area contributed by atoms with Crippen molar-refractivity contribution in [2.24, 2.45) is 10.9 Å². The van der Waals surface area contributed by atoms with Crippen molar-refractivity contribution in [2.45, 2.75) is 38.1 Å². The molecule has 0 fully saturated rings. The van der Waals surface area contributed by atoms with Gasteiger partial charge in [-0.3, -0.25) is 0 Å². The first-order valence-corrected chi connectivity index (χ1v) is 7.37. The summed E-state index contributed by atoms with van der Waals surface area (Å²) < 4.78 is 26.8. The molecule has 6 nitrogen and oxygen atoms in total. The van der Waals surface area contributed by atoms with Gasteiger partial charge in [0.05, 0.1) is 10.9 Å². The summed E-state index contributed by atoms with van der Waals surface area (Å²) >= 11 is 0. The summed E-state index contributed by atoms with van der Waals surface area (Å²) in [6.07, 6.45) is 0.389. The second-order valence-corrected chi connectivity index (χ2v) is 6.07. The molecule has 4 N–H and O–H groups in total. The van der Waals surface area contributed by atoms with Crippen LogP contribution in [0.2, 0.25) is 0 Å². The van der Waals surface area contributed by atoms with Gasteiger partial charge < -0.3 is 10.9 Å². The van der Waals surface area contributed by atoms with Crippen LogP contribution in [0.1, 0.15) is 24.5 Å². The summed E-state index contributed by atoms with van der Waals surface area (Å²) in [5.41, 5.74) is 7.34. The molecule has 1 unspecified atom stereocenters. The fraction of sp³-hybridized carbons (Fsp3) is 0.417. The van der Waals surface area contributed by atoms with E-state index in [2.05, 4.69) is 9.88 Å². The first kappa shape index (κ1) is 15.5. The van der Waals surface area contributed by atoms with E-state index in [-0.39, 0.29) is 10.7 Å². The summed E-state index contributed by atoms with van der Waals surface area (Å²) in [4.78, 5) is 0.166. The van der Waals surface area contributed by atoms with Gasteiger partial charge in [0.1, 0.15) is 0 Å². The van der Waals surface area contributed by atoms with Gasteiger partial charge >= 0.3 is 0 Å². The number of oxime groups is 1. The molecule has 0 aliphatic heterocycles. The molecule has 19 heavy (non-hydrogen) atoms. The average molecular weight is 285 g/mol. The van der Waals surface area contributed by atoms with E-state index in [1.165, 1.54) is 6.07 Å². The van der Waals surface area contributed by atoms with Gasteiger partial charge in [-0.05, 0) is 43.5 Å². The zero-order valence-corrected chi connectivity index (χ0v) is 12.0. The maximum absolute atomic E-state index is 12.2. The summed E-state index contributed by atoms with van der Waals surface area (Å²) in [5.74, 6) is -0.157. The number of sulfonamides is 1. The minimum absolute atomic E-state index is 0.157. The lowest BCUT2D eigenvalue weighted by atomic mass is 10.1. The highest BCUT2D eigenvalue weighted by atomic mass is 32.2. The van der Waals surface area contributed by atoms with E-state index in [0.29, 0.717) is 6.42 Å². The number of rotatable bonds is 5. The van der Waals surface area contributed by atoms with Crippen LogP contribution < -0.4 is 10.5 Å². The van der Waals surface area contributed by atoms with Crippen molar-refractivity contribution in [3.63, 3.8) is 0 Å². The number of amidine groups is 1. The van der Waals surface area contributed by atoms with Crippen LogP contribution in [0.15, 0.2) is 28.3 Å². The lowest BCUT2D eigenvalue weighted by molar-refractivity contribution is 0.315. The zero-order valence-electron chi connectivity index (χ0n) is 11.2. The van der Waals surface area contributed by atoms with Crippen LogP contribution in [0, 0.1) is 13.8 Å². The van der Waals surface area contributed by atoms with E-state index in [1.807, 2.05) is 13.8 Å². The number of nitrogens with zero attached hydrogens (tertiary/aromatic N) is 1. The maximum Gasteiger partial charge on any atom is 0.241 e. The van der Waals surface area contributed by atoms with Gasteiger partial charge in [-0.25, -0.2) is 13.1 Å². The molecule has 0 saturated carbocycles. The summed E-state index contributed by atoms with van der Waals surface area (Å²) in [6.45, 7) is 5.49. The quantitative estimate of drug-likeness (QED) is 0.326. The number of nitrogens with two attached hydrogens (primary N) is 1. The van der Waals surface area contributed by atoms with Crippen LogP contribution in [0.4, 0.5) is 0 Å². The fourth-order valence-electron chi connectivity index (χ4n) is 1.56. The Kier molecular flexibility index (Phi) is 4.90. The normalized spacial score (nSPS) is 14.4. The molecule has 0 amide bonds. The minimum atomic E-state index is -3.69. The summed E-state index contributed by atoms with van der Waals surface area (Å²) in [7, 11) is -3.69. The molecule has 0 saturated heterocycles. The lowest BCUT2D eigenvalue weighted by Crippen LogP contribution is -2.44. The molecule has 0 radical (unpaired) electrons. The number of benzene rings is 1. The van der Waals surface area contributed by atoms with Crippen LogP contribution in [-0.4, -0.2) is 25.5 Å². The molecule has 0 aliphatic rings. The Morgan fingerprint density at radius 2 is 2.05 bits per heavy atom. The van der Waals surface area contributed by atoms with Gasteiger partial charge in [-0.2, -0.15) is 0 Å². The zero-order chi connectivity index (χ0) is 14.6. The highest BCUT2D eigenvalue weighted by Crippen LogP contribution is 2.15. The fourth-order valence-corrected chi connectivity index (χ4v) is 2.94. The minimum Gasteiger partial charge on any atom is -0.409 e. The molecule has 7 heteroatoms. The molecular weight excluding hydrogens is 266 g/mol. The molecule has 0 bridgehead atoms. The van der Waals surface area contributed by atoms with Gasteiger partial charge in [-0.15, -0.1) is 0 Å². The molecule has 106 valence electrons. The maximum atomic E-state index is 12.2. The van der Waals surface area contributed by atoms with Gasteiger partial charge in [-0.1, -0.05) is 18.1 Å². The Hall–Kier alpha value is -1.60. The van der Waals surface area contributed by atoms with Gasteiger partial charge in [0.2, 0.25) is 10.0 Å². The van der Waals surface area contributed by atoms with E-state index < -0.39 is 16.1 Å². The van der Waals surface area contributed by atoms with Crippen LogP contribution in [0.25, 0.3) is 0 Å². The smallest absolute Gasteiger partial charge is 0.241 e. The van der Waals surface area contributed by atoms with Gasteiger partial charge in [0.25, 0.3) is 0 Å². The lowest BCUT2D eigenvalue weighted by Gasteiger charge is -2.16. The monoisotopic (exact) mass is 285 g/mol. The van der Waals surface area contributed by atoms with Crippen LogP contribution in [0.3, 0.4) is 0 Å². The standard InChI is InChI=1S/C12H19N3O3S/c1-4-11(12(13)14-16)15-19(17,18)10-6-5-8(2)9(3)7-10/h5-7,11,15-16H,4H2,1-3H3,(H2,13,14). The first-order chi connectivity index (χ1) is 8.81. The molecule has 1 aromatic rings. The molecule has 0 aromatic heterocycles. The number of aryl methyl sites for hydroxylation is 2. The third kappa shape index (κ3) is 3.68. The van der Waals surface area contributed by atoms with Crippen molar-refractivity contribution in [3.05, 3.63) is 29.3 Å². The van der Waals surface area contributed by atoms with E-state index in [0.717, 1.165) is 11.1 Å². The van der Waals surface area contributed by atoms with Crippen LogP contribution in [-0.2, 0) is 10.0 Å². The Morgan fingerprint density at radius 3 is 2.53 bits per heavy atom. The van der Waals surface area contributed by atoms with Crippen molar-refractivity contribution >= 4 is 15.9 Å². The number of hydrogen-bond acceptors (Lipinski definition) is 4. The summed E-state index contributed by atoms with van der Waals surface area (Å²) in [5, 5.41) is 11.4. The van der Waals surface area contributed by atoms with E-state index >= 15 is 0 Å². The SMILES string of the molecule is CCC(NS(=O)(=O)c1ccc(C)c(C)c1)/C(N)=N/O. The molecule has 1 rings (SSSR count). The van der Waals surface area contributed by atoms with Crippen molar-refractivity contribution in [1.82, 2.24) is 4.72 Å². The van der Waals surface area contributed by atoms with Crippen molar-refractivity contribution in [1.29, 1.82) is 0 Å².